The molecule has 0 bridgehead atoms. The van der Waals surface area contributed by atoms with E-state index in [2.05, 4.69) is 54.4 Å². The highest BCUT2D eigenvalue weighted by atomic mass is 19.1. The molecular formula is C94H129F2N11O24. The van der Waals surface area contributed by atoms with Gasteiger partial charge in [0.2, 0.25) is 47.1 Å². The second-order valence-electron chi connectivity index (χ2n) is 35.4. The molecule has 3 aliphatic heterocycles. The molecule has 2 unspecified atom stereocenters. The number of anilines is 2. The van der Waals surface area contributed by atoms with Crippen LogP contribution in [0.15, 0.2) is 108 Å². The summed E-state index contributed by atoms with van der Waals surface area (Å²) in [6.45, 7) is 8.95. The van der Waals surface area contributed by atoms with E-state index in [9.17, 15) is 68.7 Å². The second kappa shape index (κ2) is 47.6. The summed E-state index contributed by atoms with van der Waals surface area (Å²) < 4.78 is 88.2. The summed E-state index contributed by atoms with van der Waals surface area (Å²) in [5.74, 6) is -0.670. The van der Waals surface area contributed by atoms with Crippen LogP contribution in [0.1, 0.15) is 167 Å². The normalized spacial score (nSPS) is 28.3. The minimum absolute atomic E-state index is 0.00120. The number of urea groups is 1. The molecule has 0 aromatic heterocycles. The molecule has 19 atom stereocenters. The highest BCUT2D eigenvalue weighted by Crippen LogP contribution is 2.72. The molecule has 718 valence electrons. The molecule has 2 saturated heterocycles. The van der Waals surface area contributed by atoms with E-state index in [0.717, 1.165) is 35.6 Å². The summed E-state index contributed by atoms with van der Waals surface area (Å²) in [5.41, 5.74) is 8.98. The third-order valence-corrected chi connectivity index (χ3v) is 26.2. The van der Waals surface area contributed by atoms with E-state index < -0.39 is 186 Å². The molecule has 3 saturated carbocycles. The largest absolute Gasteiger partial charge is 0.486 e. The standard InChI is InChI=1S/C94H129F2N11O24/c1-6-17-80-130-75-50-63-64-49-66(95)65-48-61(109)34-36-91(65,4)93(64,96)73(110)51-92(63,5)94(75,131-80)74(111)54-127-62-30-28-60(29-31-62)102-86(119)69(23-16-38-101-90(98)122)104-88(121)82(56(2)3)106-87(120)68(22-14-15-37-99-78(114)55-128-71-25-9-7-8-21-67(81(71)97)105-89-85(118)84(117)83(116)72(53-108)129-89)103-77(113)35-40-123-42-44-125-46-47-126-45-43-124-41-39-100-76(112)32-33-79(115)107-52-59-20-11-10-18-57(59)26-27-58-19-12-13-24-70(58)107/h10-13,18-20,24,28-31,34,36,48,56,63-64,66,68-69,71-73,75,80,82-85,89,105,108,110,116-118H,6-9,14-17,21-23,25,32-33,35,37-47,49-55,97H2,1-5H3,(H,99,114)(H,100,112)(H,102,119)(H,103,113)(H,104,121)(H,106,120)(H3,98,101,122)/b81-67-/t63-,64-,66-,68+,69-,71?,72+,73-,75+,80?,82-,83-,84-,85+,89+,91-,92-,93-,94+/m0/s1. The topological polar surface area (TPSA) is 506 Å². The average Bonchev–Trinajstić information content (AvgIpc) is 1.52. The van der Waals surface area contributed by atoms with Gasteiger partial charge in [-0.3, -0.25) is 43.2 Å². The van der Waals surface area contributed by atoms with Crippen LogP contribution in [0.4, 0.5) is 25.0 Å². The van der Waals surface area contributed by atoms with E-state index in [1.165, 1.54) is 43.3 Å². The summed E-state index contributed by atoms with van der Waals surface area (Å²) in [4.78, 5) is 138. The van der Waals surface area contributed by atoms with Crippen molar-refractivity contribution in [3.8, 4) is 17.6 Å². The maximum atomic E-state index is 18.2. The number of primary amides is 1. The first-order valence-corrected chi connectivity index (χ1v) is 45.6. The van der Waals surface area contributed by atoms with Gasteiger partial charge in [0.1, 0.15) is 67.7 Å². The molecule has 5 aliphatic carbocycles. The number of nitrogens with one attached hydrogen (secondary N) is 8. The molecule has 131 heavy (non-hydrogen) atoms. The lowest BCUT2D eigenvalue weighted by atomic mass is 9.44. The van der Waals surface area contributed by atoms with Crippen LogP contribution in [-0.2, 0) is 87.6 Å². The van der Waals surface area contributed by atoms with Gasteiger partial charge in [-0.15, -0.1) is 0 Å². The molecule has 5 fully saturated rings. The smallest absolute Gasteiger partial charge is 0.312 e. The van der Waals surface area contributed by atoms with Crippen molar-refractivity contribution in [2.24, 2.45) is 40.1 Å². The maximum Gasteiger partial charge on any atom is 0.312 e. The summed E-state index contributed by atoms with van der Waals surface area (Å²) in [6, 6.07) is 16.4. The number of hydrogen-bond acceptors (Lipinski definition) is 26. The molecule has 0 spiro atoms. The van der Waals surface area contributed by atoms with Crippen LogP contribution in [0.5, 0.6) is 5.75 Å². The van der Waals surface area contributed by atoms with Gasteiger partial charge in [-0.05, 0) is 162 Å². The third-order valence-electron chi connectivity index (χ3n) is 26.2. The van der Waals surface area contributed by atoms with Gasteiger partial charge in [0.05, 0.1) is 95.7 Å². The number of alkyl halides is 2. The number of carbonyl (C=O) groups is 10. The number of fused-ring (bicyclic) bond motifs is 9. The highest BCUT2D eigenvalue weighted by molar-refractivity contribution is 6.02. The Kier molecular flexibility index (Phi) is 36.9. The summed E-state index contributed by atoms with van der Waals surface area (Å²) in [7, 11) is 0. The fourth-order valence-electron chi connectivity index (χ4n) is 19.2. The van der Waals surface area contributed by atoms with Crippen LogP contribution in [0.3, 0.4) is 0 Å². The molecule has 17 N–H and O–H groups in total. The first-order valence-electron chi connectivity index (χ1n) is 45.6. The molecule has 35 nitrogen and oxygen atoms in total. The first-order chi connectivity index (χ1) is 62.8. The summed E-state index contributed by atoms with van der Waals surface area (Å²) >= 11 is 0. The maximum absolute atomic E-state index is 18.2. The number of ether oxygens (including phenoxy) is 9. The number of rotatable bonds is 47. The van der Waals surface area contributed by atoms with Crippen molar-refractivity contribution in [3.05, 3.63) is 125 Å². The number of aliphatic hydroxyl groups excluding tert-OH is 5. The van der Waals surface area contributed by atoms with Crippen LogP contribution in [0.2, 0.25) is 0 Å². The number of benzene rings is 3. The lowest BCUT2D eigenvalue weighted by Gasteiger charge is -2.63. The zero-order valence-electron chi connectivity index (χ0n) is 75.1. The Morgan fingerprint density at radius 2 is 1.36 bits per heavy atom. The van der Waals surface area contributed by atoms with Gasteiger partial charge < -0.3 is 127 Å². The van der Waals surface area contributed by atoms with Crippen LogP contribution < -0.4 is 63.6 Å². The minimum atomic E-state index is -2.41. The Morgan fingerprint density at radius 3 is 2.08 bits per heavy atom. The lowest BCUT2D eigenvalue weighted by molar-refractivity contribution is -0.234. The highest BCUT2D eigenvalue weighted by Gasteiger charge is 2.80. The van der Waals surface area contributed by atoms with E-state index in [-0.39, 0.29) is 171 Å². The second-order valence-corrected chi connectivity index (χ2v) is 35.4. The molecule has 3 aromatic rings. The number of halogens is 2. The quantitative estimate of drug-likeness (QED) is 0.0282. The van der Waals surface area contributed by atoms with Crippen molar-refractivity contribution in [1.82, 2.24) is 37.2 Å². The van der Waals surface area contributed by atoms with Crippen LogP contribution in [0, 0.1) is 40.4 Å². The van der Waals surface area contributed by atoms with E-state index in [1.807, 2.05) is 55.5 Å². The van der Waals surface area contributed by atoms with Gasteiger partial charge in [0, 0.05) is 78.2 Å². The van der Waals surface area contributed by atoms with Crippen LogP contribution in [0.25, 0.3) is 0 Å². The lowest BCUT2D eigenvalue weighted by Crippen LogP contribution is -2.71. The number of nitrogens with zero attached hydrogens (tertiary/aromatic N) is 1. The van der Waals surface area contributed by atoms with E-state index in [1.54, 1.807) is 25.7 Å². The summed E-state index contributed by atoms with van der Waals surface area (Å²) in [5, 5.41) is 75.6. The molecule has 3 aromatic carbocycles. The molecule has 9 amide bonds. The Hall–Kier alpha value is -9.92. The van der Waals surface area contributed by atoms with Crippen molar-refractivity contribution in [3.63, 3.8) is 0 Å². The van der Waals surface area contributed by atoms with Gasteiger partial charge in [-0.1, -0.05) is 95.2 Å². The Labute approximate surface area is 761 Å². The molecule has 3 heterocycles. The predicted octanol–water partition coefficient (Wildman–Crippen LogP) is 3.84. The Morgan fingerprint density at radius 1 is 0.687 bits per heavy atom. The number of amides is 9. The number of nitrogens with two attached hydrogens (primary N) is 2. The van der Waals surface area contributed by atoms with Crippen molar-refractivity contribution >= 4 is 70.3 Å². The predicted molar refractivity (Wildman–Crippen MR) is 472 cm³/mol. The zero-order chi connectivity index (χ0) is 94.2. The number of para-hydroxylation sites is 1. The van der Waals surface area contributed by atoms with Gasteiger partial charge >= 0.3 is 6.03 Å². The fourth-order valence-corrected chi connectivity index (χ4v) is 19.2. The SMILES string of the molecule is CCCC1O[C@@H]2C[C@H]3[C@@H]4C[C@H](F)C5=CC(=O)C=C[C@]5(C)[C@@]4(F)[C@@H](O)C[C@]3(C)[C@]2(C(=O)COc2ccc(NC(=O)[C@H](CCCNC(N)=O)NC(=O)[C@@H](NC(=O)[C@@H](CCCCNC(=O)COC3CCCCC/C(N[C@@H]4O[C@H](CO)[C@H](O)[C@H](O)[C@H]4O)=C\3N)NC(=O)CCOCCOCCOCCOCCNC(=O)CCC(=O)N3Cc4ccccc4C#Cc4ccccc43)C(C)C)cc2)O1. The minimum Gasteiger partial charge on any atom is -0.486 e. The van der Waals surface area contributed by atoms with Crippen molar-refractivity contribution < 1.29 is 125 Å². The van der Waals surface area contributed by atoms with E-state index in [0.29, 0.717) is 56.5 Å². The molecular weight excluding hydrogens is 1710 g/mol. The average molecular weight is 1840 g/mol. The number of carbonyl (C=O) groups excluding carboxylic acids is 10. The monoisotopic (exact) mass is 1830 g/mol. The van der Waals surface area contributed by atoms with Crippen molar-refractivity contribution in [2.45, 2.75) is 248 Å². The number of aliphatic hydroxyl groups is 5. The van der Waals surface area contributed by atoms with E-state index in [4.69, 9.17) is 54.1 Å². The Balaban J connectivity index is 0.651. The first kappa shape index (κ1) is 102. The number of Topliss-reactive ketones (excluding diaryl/α,β-unsaturated/α-hetero) is 1. The van der Waals surface area contributed by atoms with E-state index >= 15 is 13.6 Å². The number of unbranched alkanes of at least 4 members (excludes halogenated alkanes) is 1. The van der Waals surface area contributed by atoms with Gasteiger partial charge in [-0.2, -0.15) is 0 Å². The molecule has 11 rings (SSSR count). The van der Waals surface area contributed by atoms with Gasteiger partial charge in [0.15, 0.2) is 29.6 Å². The van der Waals surface area contributed by atoms with Gasteiger partial charge in [0.25, 0.3) is 0 Å². The molecule has 37 heteroatoms. The van der Waals surface area contributed by atoms with Gasteiger partial charge in [-0.25, -0.2) is 13.6 Å². The third kappa shape index (κ3) is 25.1. The van der Waals surface area contributed by atoms with Crippen molar-refractivity contribution in [1.29, 1.82) is 0 Å². The molecule has 0 radical (unpaired) electrons. The fraction of sp³-hybridized carbons (Fsp3) is 0.617. The summed E-state index contributed by atoms with van der Waals surface area (Å²) in [6.07, 6.45) is -5.25. The van der Waals surface area contributed by atoms with Crippen LogP contribution >= 0.6 is 0 Å². The van der Waals surface area contributed by atoms with Crippen LogP contribution in [-0.4, -0.2) is 268 Å². The number of allylic oxidation sites excluding steroid dienone is 5. The molecule has 8 aliphatic rings. The zero-order valence-corrected chi connectivity index (χ0v) is 75.1. The number of hydrogen-bond donors (Lipinski definition) is 15. The van der Waals surface area contributed by atoms with Crippen molar-refractivity contribution in [2.75, 3.05) is 103 Å². The number of ketones is 2. The Bertz CT molecular complexity index is 4630.